The molecule has 0 heterocycles. The topological polar surface area (TPSA) is 26.0 Å². The van der Waals surface area contributed by atoms with E-state index in [1.807, 2.05) is 0 Å². The van der Waals surface area contributed by atoms with Crippen LogP contribution in [0, 0.1) is 6.92 Å². The molecule has 1 atom stereocenters. The number of halogens is 2. The normalized spacial score (nSPS) is 19.8. The number of aryl methyl sites for hydroxylation is 2. The lowest BCUT2D eigenvalue weighted by molar-refractivity contribution is 0.567. The van der Waals surface area contributed by atoms with E-state index in [2.05, 4.69) is 35.0 Å². The third-order valence-electron chi connectivity index (χ3n) is 2.77. The van der Waals surface area contributed by atoms with Gasteiger partial charge in [0.1, 0.15) is 0 Å². The number of fused-ring (bicyclic) bond motifs is 1. The van der Waals surface area contributed by atoms with Crippen molar-refractivity contribution < 1.29 is 0 Å². The molecule has 2 rings (SSSR count). The monoisotopic (exact) mass is 275 g/mol. The second-order valence-electron chi connectivity index (χ2n) is 3.79. The first-order valence-corrected chi connectivity index (χ1v) is 5.52. The molecule has 0 aromatic heterocycles. The van der Waals surface area contributed by atoms with Crippen LogP contribution >= 0.6 is 28.3 Å². The first kappa shape index (κ1) is 12.0. The minimum Gasteiger partial charge on any atom is -0.324 e. The zero-order valence-corrected chi connectivity index (χ0v) is 10.6. The number of hydrogen-bond acceptors (Lipinski definition) is 1. The zero-order chi connectivity index (χ0) is 9.42. The largest absolute Gasteiger partial charge is 0.324 e. The maximum absolute atomic E-state index is 6.08. The van der Waals surface area contributed by atoms with Gasteiger partial charge in [0.15, 0.2) is 0 Å². The van der Waals surface area contributed by atoms with Crippen molar-refractivity contribution in [2.24, 2.45) is 5.73 Å². The highest BCUT2D eigenvalue weighted by molar-refractivity contribution is 9.10. The van der Waals surface area contributed by atoms with Crippen LogP contribution in [0.1, 0.15) is 35.6 Å². The average molecular weight is 277 g/mol. The Hall–Kier alpha value is -0.0500. The van der Waals surface area contributed by atoms with E-state index < -0.39 is 0 Å². The third-order valence-corrected chi connectivity index (χ3v) is 3.23. The third kappa shape index (κ3) is 2.13. The van der Waals surface area contributed by atoms with Gasteiger partial charge in [-0.05, 0) is 55.0 Å². The van der Waals surface area contributed by atoms with E-state index in [1.54, 1.807) is 0 Å². The van der Waals surface area contributed by atoms with E-state index >= 15 is 0 Å². The number of benzene rings is 1. The number of hydrogen-bond donors (Lipinski definition) is 1. The molecule has 0 saturated carbocycles. The minimum absolute atomic E-state index is 0. The lowest BCUT2D eigenvalue weighted by Crippen LogP contribution is -2.18. The Morgan fingerprint density at radius 3 is 2.86 bits per heavy atom. The fourth-order valence-electron chi connectivity index (χ4n) is 2.22. The van der Waals surface area contributed by atoms with Gasteiger partial charge >= 0.3 is 0 Å². The summed E-state index contributed by atoms with van der Waals surface area (Å²) >= 11 is 3.52. The van der Waals surface area contributed by atoms with Crippen molar-refractivity contribution in [1.82, 2.24) is 0 Å². The fraction of sp³-hybridized carbons (Fsp3) is 0.455. The molecule has 1 aromatic carbocycles. The van der Waals surface area contributed by atoms with Crippen molar-refractivity contribution in [3.63, 3.8) is 0 Å². The van der Waals surface area contributed by atoms with Gasteiger partial charge < -0.3 is 5.73 Å². The Balaban J connectivity index is 0.000000980. The molecule has 78 valence electrons. The van der Waals surface area contributed by atoms with E-state index in [4.69, 9.17) is 5.73 Å². The van der Waals surface area contributed by atoms with Gasteiger partial charge in [-0.25, -0.2) is 0 Å². The van der Waals surface area contributed by atoms with Crippen LogP contribution in [0.15, 0.2) is 16.6 Å². The highest BCUT2D eigenvalue weighted by Gasteiger charge is 2.18. The quantitative estimate of drug-likeness (QED) is 0.771. The Labute approximate surface area is 99.6 Å². The molecule has 1 aliphatic rings. The summed E-state index contributed by atoms with van der Waals surface area (Å²) in [6.45, 7) is 2.15. The summed E-state index contributed by atoms with van der Waals surface area (Å²) in [6, 6.07) is 4.63. The smallest absolute Gasteiger partial charge is 0.0300 e. The van der Waals surface area contributed by atoms with Gasteiger partial charge in [-0.15, -0.1) is 12.4 Å². The molecule has 0 fully saturated rings. The van der Waals surface area contributed by atoms with Crippen molar-refractivity contribution in [3.05, 3.63) is 33.3 Å². The molecule has 1 aliphatic carbocycles. The van der Waals surface area contributed by atoms with Crippen LogP contribution < -0.4 is 5.73 Å². The van der Waals surface area contributed by atoms with Gasteiger partial charge in [0.2, 0.25) is 0 Å². The van der Waals surface area contributed by atoms with E-state index in [1.165, 1.54) is 34.0 Å². The van der Waals surface area contributed by atoms with E-state index in [-0.39, 0.29) is 18.4 Å². The number of rotatable bonds is 0. The first-order valence-electron chi connectivity index (χ1n) is 4.73. The van der Waals surface area contributed by atoms with Crippen LogP contribution in [0.4, 0.5) is 0 Å². The summed E-state index contributed by atoms with van der Waals surface area (Å²) < 4.78 is 1.18. The Kier molecular flexibility index (Phi) is 3.99. The summed E-state index contributed by atoms with van der Waals surface area (Å²) in [7, 11) is 0. The fourth-order valence-corrected chi connectivity index (χ4v) is 2.84. The predicted octanol–water partition coefficient (Wildman–Crippen LogP) is 3.52. The van der Waals surface area contributed by atoms with Gasteiger partial charge in [-0.1, -0.05) is 15.9 Å². The molecule has 1 nitrogen and oxygen atoms in total. The summed E-state index contributed by atoms with van der Waals surface area (Å²) in [6.07, 6.45) is 3.54. The van der Waals surface area contributed by atoms with Gasteiger partial charge in [-0.2, -0.15) is 0 Å². The standard InChI is InChI=1S/C11H14BrN.ClH/c1-7-5-9(12)6-8-3-2-4-10(13)11(7)8;/h5-6,10H,2-4,13H2,1H3;1H. The van der Waals surface area contributed by atoms with Crippen molar-refractivity contribution >= 4 is 28.3 Å². The van der Waals surface area contributed by atoms with E-state index in [0.717, 1.165) is 6.42 Å². The summed E-state index contributed by atoms with van der Waals surface area (Å²) in [5.74, 6) is 0. The van der Waals surface area contributed by atoms with Crippen LogP contribution in [-0.4, -0.2) is 0 Å². The maximum atomic E-state index is 6.08. The van der Waals surface area contributed by atoms with Gasteiger partial charge in [0, 0.05) is 10.5 Å². The van der Waals surface area contributed by atoms with Crippen molar-refractivity contribution in [3.8, 4) is 0 Å². The molecule has 1 aromatic rings. The summed E-state index contributed by atoms with van der Waals surface area (Å²) in [5.41, 5.74) is 10.2. The van der Waals surface area contributed by atoms with Crippen LogP contribution in [0.3, 0.4) is 0 Å². The Bertz CT molecular complexity index is 338. The highest BCUT2D eigenvalue weighted by atomic mass is 79.9. The first-order chi connectivity index (χ1) is 6.18. The molecule has 0 radical (unpaired) electrons. The van der Waals surface area contributed by atoms with Crippen molar-refractivity contribution in [1.29, 1.82) is 0 Å². The molecule has 0 saturated heterocycles. The number of nitrogens with two attached hydrogens (primary N) is 1. The molecule has 1 unspecified atom stereocenters. The molecule has 0 bridgehead atoms. The SMILES string of the molecule is Cc1cc(Br)cc2c1C(N)CCC2.Cl. The molecule has 0 aliphatic heterocycles. The van der Waals surface area contributed by atoms with Gasteiger partial charge in [0.05, 0.1) is 0 Å². The van der Waals surface area contributed by atoms with Gasteiger partial charge in [0.25, 0.3) is 0 Å². The molecule has 0 amide bonds. The molecule has 14 heavy (non-hydrogen) atoms. The predicted molar refractivity (Wildman–Crippen MR) is 66.0 cm³/mol. The van der Waals surface area contributed by atoms with Crippen LogP contribution in [-0.2, 0) is 6.42 Å². The Morgan fingerprint density at radius 1 is 1.43 bits per heavy atom. The summed E-state index contributed by atoms with van der Waals surface area (Å²) in [4.78, 5) is 0. The summed E-state index contributed by atoms with van der Waals surface area (Å²) in [5, 5.41) is 0. The molecule has 0 spiro atoms. The van der Waals surface area contributed by atoms with Crippen LogP contribution in [0.2, 0.25) is 0 Å². The minimum atomic E-state index is 0. The lowest BCUT2D eigenvalue weighted by Gasteiger charge is -2.24. The van der Waals surface area contributed by atoms with E-state index in [9.17, 15) is 0 Å². The zero-order valence-electron chi connectivity index (χ0n) is 8.22. The van der Waals surface area contributed by atoms with Gasteiger partial charge in [-0.3, -0.25) is 0 Å². The molecule has 3 heteroatoms. The average Bonchev–Trinajstić information content (AvgIpc) is 2.02. The second kappa shape index (κ2) is 4.65. The molecular weight excluding hydrogens is 261 g/mol. The highest BCUT2D eigenvalue weighted by Crippen LogP contribution is 2.32. The Morgan fingerprint density at radius 2 is 2.14 bits per heavy atom. The maximum Gasteiger partial charge on any atom is 0.0300 e. The molecular formula is C11H15BrClN. The van der Waals surface area contributed by atoms with Crippen LogP contribution in [0.5, 0.6) is 0 Å². The van der Waals surface area contributed by atoms with Crippen LogP contribution in [0.25, 0.3) is 0 Å². The van der Waals surface area contributed by atoms with E-state index in [0.29, 0.717) is 0 Å². The second-order valence-corrected chi connectivity index (χ2v) is 4.71. The van der Waals surface area contributed by atoms with Crippen molar-refractivity contribution in [2.45, 2.75) is 32.2 Å². The molecule has 2 N–H and O–H groups in total. The lowest BCUT2D eigenvalue weighted by atomic mass is 9.85. The van der Waals surface area contributed by atoms with Crippen molar-refractivity contribution in [2.75, 3.05) is 0 Å².